The molecule has 3 unspecified atom stereocenters. The summed E-state index contributed by atoms with van der Waals surface area (Å²) in [5.41, 5.74) is 8.46. The van der Waals surface area contributed by atoms with E-state index in [1.54, 1.807) is 12.4 Å². The third-order valence-corrected chi connectivity index (χ3v) is 6.32. The molecule has 2 aliphatic carbocycles. The van der Waals surface area contributed by atoms with Crippen LogP contribution in [-0.2, 0) is 16.6 Å². The van der Waals surface area contributed by atoms with Crippen LogP contribution in [-0.4, -0.2) is 22.2 Å². The van der Waals surface area contributed by atoms with Crippen LogP contribution in [0.25, 0.3) is 5.57 Å². The molecule has 0 amide bonds. The van der Waals surface area contributed by atoms with Crippen LogP contribution in [0.4, 0.5) is 0 Å². The lowest BCUT2D eigenvalue weighted by atomic mass is 9.54. The van der Waals surface area contributed by atoms with Crippen LogP contribution in [0.2, 0.25) is 0 Å². The Morgan fingerprint density at radius 2 is 2.11 bits per heavy atom. The van der Waals surface area contributed by atoms with Gasteiger partial charge in [-0.2, -0.15) is 20.9 Å². The van der Waals surface area contributed by atoms with Gasteiger partial charge < -0.3 is 0 Å². The number of rotatable bonds is 2. The summed E-state index contributed by atoms with van der Waals surface area (Å²) in [4.78, 5) is 12.8. The fourth-order valence-corrected chi connectivity index (χ4v) is 5.03. The lowest BCUT2D eigenvalue weighted by Crippen LogP contribution is -2.48. The minimum absolute atomic E-state index is 0.0547. The monoisotopic (exact) mass is 368 g/mol. The van der Waals surface area contributed by atoms with Crippen molar-refractivity contribution in [1.82, 2.24) is 15.6 Å². The first-order chi connectivity index (χ1) is 13.7. The number of nitrogens with one attached hydrogen (secondary N) is 1. The number of hydrogen-bond donors (Lipinski definition) is 1. The fraction of sp³-hybridized carbons (Fsp3) is 0.273. The molecule has 0 bridgehead atoms. The molecule has 0 fully saturated rings. The number of aromatic amines is 1. The molecule has 6 heteroatoms. The van der Waals surface area contributed by atoms with Gasteiger partial charge in [-0.25, -0.2) is 0 Å². The van der Waals surface area contributed by atoms with Crippen LogP contribution in [0, 0.1) is 23.2 Å². The SMILES string of the molecule is CC1C(=O)C(C#N)=CC2(c3ccccc3)c3n[nH]c(C4=C[N]N=C4)c3CCC12. The molecule has 2 aromatic rings. The van der Waals surface area contributed by atoms with Gasteiger partial charge in [0, 0.05) is 17.1 Å². The Balaban J connectivity index is 1.81. The van der Waals surface area contributed by atoms with Gasteiger partial charge in [0.05, 0.1) is 34.8 Å². The highest BCUT2D eigenvalue weighted by Crippen LogP contribution is 2.53. The second-order valence-electron chi connectivity index (χ2n) is 7.57. The first kappa shape index (κ1) is 16.7. The van der Waals surface area contributed by atoms with Gasteiger partial charge >= 0.3 is 0 Å². The van der Waals surface area contributed by atoms with Gasteiger partial charge in [-0.05, 0) is 30.4 Å². The Kier molecular flexibility index (Phi) is 3.59. The Morgan fingerprint density at radius 1 is 1.29 bits per heavy atom. The maximum atomic E-state index is 12.8. The largest absolute Gasteiger partial charge is 0.293 e. The van der Waals surface area contributed by atoms with Crippen LogP contribution >= 0.6 is 0 Å². The second-order valence-corrected chi connectivity index (χ2v) is 7.57. The summed E-state index contributed by atoms with van der Waals surface area (Å²) in [5, 5.41) is 21.5. The molecular weight excluding hydrogens is 350 g/mol. The van der Waals surface area contributed by atoms with Gasteiger partial charge in [0.2, 0.25) is 0 Å². The van der Waals surface area contributed by atoms with Crippen molar-refractivity contribution in [2.75, 3.05) is 0 Å². The number of Topliss-reactive ketones (excluding diaryl/α,β-unsaturated/α-hetero) is 1. The number of fused-ring (bicyclic) bond motifs is 3. The molecule has 1 aromatic carbocycles. The van der Waals surface area contributed by atoms with Crippen molar-refractivity contribution >= 4 is 17.6 Å². The molecule has 3 aliphatic rings. The predicted molar refractivity (Wildman–Crippen MR) is 104 cm³/mol. The zero-order chi connectivity index (χ0) is 19.3. The number of ketones is 1. The number of benzene rings is 1. The van der Waals surface area contributed by atoms with E-state index in [4.69, 9.17) is 5.10 Å². The third kappa shape index (κ3) is 2.10. The summed E-state index contributed by atoms with van der Waals surface area (Å²) in [5.74, 6) is -0.253. The molecule has 0 saturated heterocycles. The van der Waals surface area contributed by atoms with E-state index >= 15 is 0 Å². The normalized spacial score (nSPS) is 27.9. The minimum Gasteiger partial charge on any atom is -0.293 e. The van der Waals surface area contributed by atoms with Gasteiger partial charge in [0.15, 0.2) is 5.78 Å². The van der Waals surface area contributed by atoms with E-state index in [2.05, 4.69) is 33.8 Å². The number of hydrogen-bond acceptors (Lipinski definition) is 4. The van der Waals surface area contributed by atoms with Crippen molar-refractivity contribution in [2.24, 2.45) is 16.9 Å². The molecule has 2 heterocycles. The molecule has 137 valence electrons. The van der Waals surface area contributed by atoms with Crippen LogP contribution < -0.4 is 5.43 Å². The lowest BCUT2D eigenvalue weighted by molar-refractivity contribution is -0.121. The van der Waals surface area contributed by atoms with Crippen LogP contribution in [0.1, 0.15) is 35.9 Å². The summed E-state index contributed by atoms with van der Waals surface area (Å²) in [6.07, 6.45) is 6.97. The van der Waals surface area contributed by atoms with E-state index in [1.165, 1.54) is 0 Å². The average molecular weight is 368 g/mol. The summed E-state index contributed by atoms with van der Waals surface area (Å²) < 4.78 is 0. The number of nitrogens with zero attached hydrogens (tertiary/aromatic N) is 4. The summed E-state index contributed by atoms with van der Waals surface area (Å²) >= 11 is 0. The van der Waals surface area contributed by atoms with E-state index in [-0.39, 0.29) is 23.2 Å². The van der Waals surface area contributed by atoms with Crippen LogP contribution in [0.15, 0.2) is 53.3 Å². The van der Waals surface area contributed by atoms with E-state index in [1.807, 2.05) is 31.2 Å². The zero-order valence-electron chi connectivity index (χ0n) is 15.4. The molecule has 0 saturated carbocycles. The first-order valence-electron chi connectivity index (χ1n) is 9.41. The first-order valence-corrected chi connectivity index (χ1v) is 9.41. The van der Waals surface area contributed by atoms with Crippen LogP contribution in [0.3, 0.4) is 0 Å². The molecule has 1 N–H and O–H groups in total. The Labute approximate surface area is 162 Å². The highest BCUT2D eigenvalue weighted by molar-refractivity contribution is 6.10. The standard InChI is InChI=1S/C22H18N5O/c1-13-18-8-7-17-19(15-11-24-25-12-15)26-27-21(17)22(18,9-14(10-23)20(13)28)16-5-3-2-4-6-16/h2-6,9,11-13,18H,7-8H2,1H3,(H,26,27). The Morgan fingerprint density at radius 3 is 2.82 bits per heavy atom. The smallest absolute Gasteiger partial charge is 0.176 e. The van der Waals surface area contributed by atoms with Gasteiger partial charge in [0.1, 0.15) is 6.07 Å². The minimum atomic E-state index is -0.602. The maximum absolute atomic E-state index is 12.8. The van der Waals surface area contributed by atoms with Gasteiger partial charge in [-0.1, -0.05) is 37.3 Å². The zero-order valence-corrected chi connectivity index (χ0v) is 15.4. The fourth-order valence-electron chi connectivity index (χ4n) is 5.03. The highest BCUT2D eigenvalue weighted by Gasteiger charge is 2.53. The number of allylic oxidation sites excluding steroid dienone is 3. The number of nitriles is 1. The molecule has 0 spiro atoms. The second kappa shape index (κ2) is 6.03. The summed E-state index contributed by atoms with van der Waals surface area (Å²) in [6, 6.07) is 12.2. The lowest BCUT2D eigenvalue weighted by Gasteiger charge is -2.46. The predicted octanol–water partition coefficient (Wildman–Crippen LogP) is 2.87. The molecule has 1 aliphatic heterocycles. The highest BCUT2D eigenvalue weighted by atomic mass is 16.1. The van der Waals surface area contributed by atoms with E-state index in [0.29, 0.717) is 0 Å². The summed E-state index contributed by atoms with van der Waals surface area (Å²) in [6.45, 7) is 1.94. The number of carbonyl (C=O) groups excluding carboxylic acids is 1. The van der Waals surface area contributed by atoms with Gasteiger partial charge in [-0.15, -0.1) is 0 Å². The van der Waals surface area contributed by atoms with Crippen LogP contribution in [0.5, 0.6) is 0 Å². The van der Waals surface area contributed by atoms with Crippen molar-refractivity contribution in [2.45, 2.75) is 25.2 Å². The van der Waals surface area contributed by atoms with Gasteiger partial charge in [0.25, 0.3) is 0 Å². The van der Waals surface area contributed by atoms with Crippen molar-refractivity contribution < 1.29 is 4.79 Å². The topological polar surface area (TPSA) is 96.0 Å². The van der Waals surface area contributed by atoms with Gasteiger partial charge in [-0.3, -0.25) is 9.89 Å². The van der Waals surface area contributed by atoms with E-state index in [9.17, 15) is 10.1 Å². The van der Waals surface area contributed by atoms with Crippen molar-refractivity contribution in [1.29, 1.82) is 5.26 Å². The Bertz CT molecular complexity index is 1100. The van der Waals surface area contributed by atoms with Crippen molar-refractivity contribution in [3.8, 4) is 6.07 Å². The molecule has 1 aromatic heterocycles. The Hall–Kier alpha value is -3.46. The molecule has 3 atom stereocenters. The van der Waals surface area contributed by atoms with Crippen molar-refractivity contribution in [3.63, 3.8) is 0 Å². The molecule has 28 heavy (non-hydrogen) atoms. The maximum Gasteiger partial charge on any atom is 0.176 e. The third-order valence-electron chi connectivity index (χ3n) is 6.32. The van der Waals surface area contributed by atoms with Crippen molar-refractivity contribution in [3.05, 3.63) is 70.7 Å². The molecular formula is C22H18N5O. The summed E-state index contributed by atoms with van der Waals surface area (Å²) in [7, 11) is 0. The number of aromatic nitrogens is 2. The molecule has 1 radical (unpaired) electrons. The molecule has 6 nitrogen and oxygen atoms in total. The number of carbonyl (C=O) groups is 1. The van der Waals surface area contributed by atoms with E-state index in [0.717, 1.165) is 40.9 Å². The average Bonchev–Trinajstić information content (AvgIpc) is 3.40. The van der Waals surface area contributed by atoms with E-state index < -0.39 is 5.41 Å². The quantitative estimate of drug-likeness (QED) is 0.883. The number of H-pyrrole nitrogens is 1. The molecule has 5 rings (SSSR count).